The maximum absolute atomic E-state index is 4.29. The highest BCUT2D eigenvalue weighted by Gasteiger charge is 1.96. The molecule has 0 amide bonds. The predicted molar refractivity (Wildman–Crippen MR) is 52.4 cm³/mol. The molecule has 11 heavy (non-hydrogen) atoms. The minimum atomic E-state index is 1.07. The Kier molecular flexibility index (Phi) is 3.01. The van der Waals surface area contributed by atoms with Crippen LogP contribution >= 0.6 is 12.6 Å². The summed E-state index contributed by atoms with van der Waals surface area (Å²) in [6, 6.07) is 6.33. The Morgan fingerprint density at radius 1 is 1.36 bits per heavy atom. The van der Waals surface area contributed by atoms with E-state index in [1.165, 1.54) is 24.0 Å². The number of thiol groups is 1. The van der Waals surface area contributed by atoms with E-state index < -0.39 is 0 Å². The molecule has 0 aliphatic rings. The molecule has 0 spiro atoms. The van der Waals surface area contributed by atoms with Crippen molar-refractivity contribution < 1.29 is 0 Å². The molecule has 60 valence electrons. The van der Waals surface area contributed by atoms with Gasteiger partial charge in [-0.2, -0.15) is 0 Å². The van der Waals surface area contributed by atoms with E-state index in [0.29, 0.717) is 0 Å². The molecule has 0 aromatic heterocycles. The first kappa shape index (κ1) is 8.66. The summed E-state index contributed by atoms with van der Waals surface area (Å²) in [5, 5.41) is 0. The molecule has 0 N–H and O–H groups in total. The van der Waals surface area contributed by atoms with Crippen molar-refractivity contribution >= 4 is 12.6 Å². The van der Waals surface area contributed by atoms with Gasteiger partial charge in [-0.15, -0.1) is 12.6 Å². The summed E-state index contributed by atoms with van der Waals surface area (Å²) in [7, 11) is 0. The van der Waals surface area contributed by atoms with Crippen molar-refractivity contribution in [1.82, 2.24) is 0 Å². The van der Waals surface area contributed by atoms with Crippen LogP contribution in [0.3, 0.4) is 0 Å². The first-order valence-electron chi connectivity index (χ1n) is 4.02. The van der Waals surface area contributed by atoms with Gasteiger partial charge in [0.15, 0.2) is 0 Å². The van der Waals surface area contributed by atoms with Crippen molar-refractivity contribution in [2.75, 3.05) is 0 Å². The van der Waals surface area contributed by atoms with Crippen LogP contribution in [0.4, 0.5) is 0 Å². The third-order valence-electron chi connectivity index (χ3n) is 1.85. The monoisotopic (exact) mass is 166 g/mol. The molecule has 0 aliphatic heterocycles. The van der Waals surface area contributed by atoms with Gasteiger partial charge < -0.3 is 0 Å². The van der Waals surface area contributed by atoms with Crippen LogP contribution in [-0.4, -0.2) is 0 Å². The van der Waals surface area contributed by atoms with E-state index in [-0.39, 0.29) is 0 Å². The largest absolute Gasteiger partial charge is 0.143 e. The van der Waals surface area contributed by atoms with E-state index in [9.17, 15) is 0 Å². The number of hydrogen-bond donors (Lipinski definition) is 1. The summed E-state index contributed by atoms with van der Waals surface area (Å²) in [5.74, 6) is 0. The van der Waals surface area contributed by atoms with E-state index in [4.69, 9.17) is 0 Å². The first-order valence-corrected chi connectivity index (χ1v) is 4.47. The van der Waals surface area contributed by atoms with Gasteiger partial charge in [0, 0.05) is 4.90 Å². The third kappa shape index (κ3) is 2.26. The van der Waals surface area contributed by atoms with Crippen molar-refractivity contribution in [2.24, 2.45) is 0 Å². The predicted octanol–water partition coefficient (Wildman–Crippen LogP) is 3.24. The normalized spacial score (nSPS) is 10.1. The highest BCUT2D eigenvalue weighted by molar-refractivity contribution is 7.80. The van der Waals surface area contributed by atoms with Gasteiger partial charge in [-0.3, -0.25) is 0 Å². The lowest BCUT2D eigenvalue weighted by Gasteiger charge is -2.03. The Labute approximate surface area is 74.0 Å². The molecular weight excluding hydrogens is 152 g/mol. The van der Waals surface area contributed by atoms with E-state index in [0.717, 1.165) is 4.90 Å². The van der Waals surface area contributed by atoms with Crippen LogP contribution in [0.15, 0.2) is 23.1 Å². The summed E-state index contributed by atoms with van der Waals surface area (Å²) in [6.45, 7) is 4.35. The summed E-state index contributed by atoms with van der Waals surface area (Å²) in [5.41, 5.74) is 2.81. The zero-order valence-corrected chi connectivity index (χ0v) is 7.99. The molecule has 1 heteroatoms. The molecule has 0 radical (unpaired) electrons. The standard InChI is InChI=1S/C10H14S/c1-3-4-9-7-10(11)6-5-8(9)2/h5-7,11H,3-4H2,1-2H3. The number of hydrogen-bond acceptors (Lipinski definition) is 1. The van der Waals surface area contributed by atoms with E-state index >= 15 is 0 Å². The van der Waals surface area contributed by atoms with Gasteiger partial charge >= 0.3 is 0 Å². The highest BCUT2D eigenvalue weighted by Crippen LogP contribution is 2.15. The zero-order valence-electron chi connectivity index (χ0n) is 7.09. The minimum Gasteiger partial charge on any atom is -0.143 e. The molecule has 0 nitrogen and oxygen atoms in total. The molecule has 1 rings (SSSR count). The lowest BCUT2D eigenvalue weighted by Crippen LogP contribution is -1.87. The minimum absolute atomic E-state index is 1.07. The Bertz CT molecular complexity index is 241. The number of benzene rings is 1. The quantitative estimate of drug-likeness (QED) is 0.641. The molecule has 0 fully saturated rings. The van der Waals surface area contributed by atoms with Crippen molar-refractivity contribution in [2.45, 2.75) is 31.6 Å². The van der Waals surface area contributed by atoms with E-state index in [1.54, 1.807) is 0 Å². The highest BCUT2D eigenvalue weighted by atomic mass is 32.1. The molecule has 0 atom stereocenters. The van der Waals surface area contributed by atoms with Gasteiger partial charge in [-0.1, -0.05) is 19.4 Å². The zero-order chi connectivity index (χ0) is 8.27. The molecule has 0 aliphatic carbocycles. The van der Waals surface area contributed by atoms with Crippen molar-refractivity contribution in [1.29, 1.82) is 0 Å². The maximum Gasteiger partial charge on any atom is 0.00429 e. The van der Waals surface area contributed by atoms with Crippen LogP contribution in [0, 0.1) is 6.92 Å². The van der Waals surface area contributed by atoms with Crippen molar-refractivity contribution in [3.63, 3.8) is 0 Å². The van der Waals surface area contributed by atoms with Gasteiger partial charge in [0.1, 0.15) is 0 Å². The van der Waals surface area contributed by atoms with E-state index in [1.807, 2.05) is 6.07 Å². The second-order valence-corrected chi connectivity index (χ2v) is 3.38. The lowest BCUT2D eigenvalue weighted by molar-refractivity contribution is 0.908. The van der Waals surface area contributed by atoms with Crippen LogP contribution in [0.2, 0.25) is 0 Å². The van der Waals surface area contributed by atoms with Gasteiger partial charge in [0.2, 0.25) is 0 Å². The average Bonchev–Trinajstić information content (AvgIpc) is 1.98. The van der Waals surface area contributed by atoms with Gasteiger partial charge in [0.05, 0.1) is 0 Å². The molecule has 0 unspecified atom stereocenters. The number of rotatable bonds is 2. The van der Waals surface area contributed by atoms with E-state index in [2.05, 4.69) is 38.6 Å². The van der Waals surface area contributed by atoms with Gasteiger partial charge in [-0.25, -0.2) is 0 Å². The molecule has 0 bridgehead atoms. The SMILES string of the molecule is CCCc1cc(S)ccc1C. The average molecular weight is 166 g/mol. The van der Waals surface area contributed by atoms with Gasteiger partial charge in [-0.05, 0) is 36.6 Å². The lowest BCUT2D eigenvalue weighted by atomic mass is 10.1. The van der Waals surface area contributed by atoms with Crippen LogP contribution in [0.1, 0.15) is 24.5 Å². The summed E-state index contributed by atoms with van der Waals surface area (Å²) >= 11 is 4.29. The summed E-state index contributed by atoms with van der Waals surface area (Å²) in [6.07, 6.45) is 2.37. The molecule has 1 aromatic rings. The second kappa shape index (κ2) is 3.82. The maximum atomic E-state index is 4.29. The van der Waals surface area contributed by atoms with Gasteiger partial charge in [0.25, 0.3) is 0 Å². The third-order valence-corrected chi connectivity index (χ3v) is 2.13. The first-order chi connectivity index (χ1) is 5.24. The van der Waals surface area contributed by atoms with Crippen molar-refractivity contribution in [3.8, 4) is 0 Å². The van der Waals surface area contributed by atoms with Crippen LogP contribution in [0.25, 0.3) is 0 Å². The fourth-order valence-electron chi connectivity index (χ4n) is 1.20. The fourth-order valence-corrected chi connectivity index (χ4v) is 1.43. The summed E-state index contributed by atoms with van der Waals surface area (Å²) in [4.78, 5) is 1.07. The topological polar surface area (TPSA) is 0 Å². The Morgan fingerprint density at radius 2 is 2.09 bits per heavy atom. The number of aryl methyl sites for hydroxylation is 2. The van der Waals surface area contributed by atoms with Crippen molar-refractivity contribution in [3.05, 3.63) is 29.3 Å². The molecular formula is C10H14S. The Morgan fingerprint density at radius 3 is 2.73 bits per heavy atom. The van der Waals surface area contributed by atoms with Crippen LogP contribution < -0.4 is 0 Å². The fraction of sp³-hybridized carbons (Fsp3) is 0.400. The molecule has 0 saturated carbocycles. The molecule has 1 aromatic carbocycles. The summed E-state index contributed by atoms with van der Waals surface area (Å²) < 4.78 is 0. The van der Waals surface area contributed by atoms with Crippen LogP contribution in [0.5, 0.6) is 0 Å². The second-order valence-electron chi connectivity index (χ2n) is 2.86. The Balaban J connectivity index is 2.93. The Hall–Kier alpha value is -0.430. The molecule has 0 saturated heterocycles. The molecule has 0 heterocycles. The smallest absolute Gasteiger partial charge is 0.00429 e. The van der Waals surface area contributed by atoms with Crippen LogP contribution in [-0.2, 0) is 6.42 Å².